The van der Waals surface area contributed by atoms with Crippen molar-refractivity contribution >= 4 is 0 Å². The van der Waals surface area contributed by atoms with E-state index in [2.05, 4.69) is 11.8 Å². The third-order valence-electron chi connectivity index (χ3n) is 2.82. The fourth-order valence-corrected chi connectivity index (χ4v) is 1.95. The van der Waals surface area contributed by atoms with Gasteiger partial charge in [-0.05, 0) is 13.0 Å². The van der Waals surface area contributed by atoms with E-state index in [1.165, 1.54) is 38.9 Å². The summed E-state index contributed by atoms with van der Waals surface area (Å²) in [6.45, 7) is 6.93. The second-order valence-electron chi connectivity index (χ2n) is 3.85. The number of hydrogen-bond acceptors (Lipinski definition) is 2. The van der Waals surface area contributed by atoms with Crippen molar-refractivity contribution in [2.75, 3.05) is 26.2 Å². The van der Waals surface area contributed by atoms with E-state index in [1.54, 1.807) is 0 Å². The molecule has 2 fully saturated rings. The molecule has 2 saturated heterocycles. The minimum absolute atomic E-state index is 0.341. The highest BCUT2D eigenvalue weighted by Gasteiger charge is 2.48. The lowest BCUT2D eigenvalue weighted by Gasteiger charge is -2.55. The average molecular weight is 155 g/mol. The summed E-state index contributed by atoms with van der Waals surface area (Å²) in [5.74, 6) is 0. The molecule has 64 valence electrons. The number of ether oxygens (including phenoxy) is 1. The molecule has 0 aromatic carbocycles. The summed E-state index contributed by atoms with van der Waals surface area (Å²) >= 11 is 0. The van der Waals surface area contributed by atoms with Crippen LogP contribution in [0.3, 0.4) is 0 Å². The molecule has 1 spiro atoms. The fraction of sp³-hybridized carbons (Fsp3) is 1.00. The van der Waals surface area contributed by atoms with Crippen molar-refractivity contribution in [1.29, 1.82) is 0 Å². The molecule has 0 aromatic rings. The highest BCUT2D eigenvalue weighted by atomic mass is 16.5. The van der Waals surface area contributed by atoms with Crippen molar-refractivity contribution in [1.82, 2.24) is 4.90 Å². The van der Waals surface area contributed by atoms with Gasteiger partial charge in [-0.1, -0.05) is 13.3 Å². The molecule has 2 nitrogen and oxygen atoms in total. The summed E-state index contributed by atoms with van der Waals surface area (Å²) in [5.41, 5.74) is 0.341. The largest absolute Gasteiger partial charge is 0.372 e. The maximum absolute atomic E-state index is 5.52. The van der Waals surface area contributed by atoms with Crippen LogP contribution in [0.25, 0.3) is 0 Å². The molecule has 0 unspecified atom stereocenters. The van der Waals surface area contributed by atoms with Gasteiger partial charge in [0.05, 0.1) is 12.2 Å². The van der Waals surface area contributed by atoms with Crippen LogP contribution in [0.5, 0.6) is 0 Å². The van der Waals surface area contributed by atoms with Gasteiger partial charge in [-0.2, -0.15) is 0 Å². The predicted molar refractivity (Wildman–Crippen MR) is 44.6 cm³/mol. The molecule has 2 rings (SSSR count). The Morgan fingerprint density at radius 2 is 2.18 bits per heavy atom. The summed E-state index contributed by atoms with van der Waals surface area (Å²) < 4.78 is 5.52. The molecular formula is C9H17NO. The third kappa shape index (κ3) is 1.30. The van der Waals surface area contributed by atoms with Gasteiger partial charge in [-0.25, -0.2) is 0 Å². The van der Waals surface area contributed by atoms with Crippen LogP contribution < -0.4 is 0 Å². The van der Waals surface area contributed by atoms with Crippen molar-refractivity contribution in [2.45, 2.75) is 31.8 Å². The number of nitrogens with zero attached hydrogens (tertiary/aromatic N) is 1. The molecule has 0 bridgehead atoms. The number of likely N-dealkylation sites (tertiary alicyclic amines) is 1. The van der Waals surface area contributed by atoms with E-state index < -0.39 is 0 Å². The second-order valence-corrected chi connectivity index (χ2v) is 3.85. The van der Waals surface area contributed by atoms with Gasteiger partial charge in [-0.3, -0.25) is 4.90 Å². The zero-order valence-corrected chi connectivity index (χ0v) is 7.31. The lowest BCUT2D eigenvalue weighted by atomic mass is 9.86. The Bertz CT molecular complexity index is 134. The smallest absolute Gasteiger partial charge is 0.0956 e. The quantitative estimate of drug-likeness (QED) is 0.608. The van der Waals surface area contributed by atoms with Crippen LogP contribution in [0.4, 0.5) is 0 Å². The first-order valence-corrected chi connectivity index (χ1v) is 4.71. The second kappa shape index (κ2) is 2.76. The average Bonchev–Trinajstić information content (AvgIpc) is 1.81. The summed E-state index contributed by atoms with van der Waals surface area (Å²) in [6, 6.07) is 0. The fourth-order valence-electron chi connectivity index (χ4n) is 1.95. The molecular weight excluding hydrogens is 138 g/mol. The van der Waals surface area contributed by atoms with Gasteiger partial charge >= 0.3 is 0 Å². The van der Waals surface area contributed by atoms with Crippen molar-refractivity contribution in [3.8, 4) is 0 Å². The van der Waals surface area contributed by atoms with Gasteiger partial charge in [0.15, 0.2) is 0 Å². The Morgan fingerprint density at radius 1 is 1.45 bits per heavy atom. The standard InChI is InChI=1S/C9H17NO/c1-2-3-5-10-7-9(8-10)4-6-11-9/h2-8H2,1H3. The van der Waals surface area contributed by atoms with E-state index in [1.807, 2.05) is 0 Å². The molecule has 0 aromatic heterocycles. The van der Waals surface area contributed by atoms with Crippen LogP contribution in [-0.4, -0.2) is 36.7 Å². The van der Waals surface area contributed by atoms with Crippen LogP contribution in [0.15, 0.2) is 0 Å². The zero-order chi connectivity index (χ0) is 7.73. The zero-order valence-electron chi connectivity index (χ0n) is 7.31. The molecule has 2 aliphatic rings. The van der Waals surface area contributed by atoms with E-state index in [4.69, 9.17) is 4.74 Å². The van der Waals surface area contributed by atoms with E-state index in [0.717, 1.165) is 6.61 Å². The predicted octanol–water partition coefficient (Wildman–Crippen LogP) is 1.26. The Kier molecular flexibility index (Phi) is 1.90. The number of rotatable bonds is 3. The van der Waals surface area contributed by atoms with Crippen molar-refractivity contribution in [2.24, 2.45) is 0 Å². The van der Waals surface area contributed by atoms with Crippen LogP contribution in [0, 0.1) is 0 Å². The molecule has 2 heterocycles. The van der Waals surface area contributed by atoms with Crippen molar-refractivity contribution in [3.05, 3.63) is 0 Å². The third-order valence-corrected chi connectivity index (χ3v) is 2.82. The highest BCUT2D eigenvalue weighted by Crippen LogP contribution is 2.35. The topological polar surface area (TPSA) is 12.5 Å². The Morgan fingerprint density at radius 3 is 2.64 bits per heavy atom. The van der Waals surface area contributed by atoms with Crippen LogP contribution >= 0.6 is 0 Å². The maximum atomic E-state index is 5.52. The number of hydrogen-bond donors (Lipinski definition) is 0. The van der Waals surface area contributed by atoms with Gasteiger partial charge in [0.1, 0.15) is 0 Å². The maximum Gasteiger partial charge on any atom is 0.0956 e. The lowest BCUT2D eigenvalue weighted by molar-refractivity contribution is -0.221. The van der Waals surface area contributed by atoms with Crippen LogP contribution in [0.2, 0.25) is 0 Å². The molecule has 0 atom stereocenters. The van der Waals surface area contributed by atoms with Gasteiger partial charge < -0.3 is 4.74 Å². The summed E-state index contributed by atoms with van der Waals surface area (Å²) in [6.07, 6.45) is 3.95. The molecule has 0 amide bonds. The monoisotopic (exact) mass is 155 g/mol. The van der Waals surface area contributed by atoms with Gasteiger partial charge in [0, 0.05) is 19.5 Å². The Balaban J connectivity index is 1.63. The van der Waals surface area contributed by atoms with Gasteiger partial charge in [0.2, 0.25) is 0 Å². The van der Waals surface area contributed by atoms with Crippen LogP contribution in [-0.2, 0) is 4.74 Å². The first-order valence-electron chi connectivity index (χ1n) is 4.71. The first kappa shape index (κ1) is 7.56. The summed E-state index contributed by atoms with van der Waals surface area (Å²) in [5, 5.41) is 0. The van der Waals surface area contributed by atoms with Crippen molar-refractivity contribution < 1.29 is 4.74 Å². The Labute approximate surface area is 68.5 Å². The van der Waals surface area contributed by atoms with E-state index >= 15 is 0 Å². The SMILES string of the molecule is CCCCN1CC2(CCO2)C1. The van der Waals surface area contributed by atoms with Crippen molar-refractivity contribution in [3.63, 3.8) is 0 Å². The van der Waals surface area contributed by atoms with Gasteiger partial charge in [0.25, 0.3) is 0 Å². The molecule has 2 aliphatic heterocycles. The molecule has 0 aliphatic carbocycles. The minimum Gasteiger partial charge on any atom is -0.372 e. The highest BCUT2D eigenvalue weighted by molar-refractivity contribution is 5.01. The van der Waals surface area contributed by atoms with E-state index in [-0.39, 0.29) is 0 Å². The van der Waals surface area contributed by atoms with E-state index in [0.29, 0.717) is 5.60 Å². The number of unbranched alkanes of at least 4 members (excludes halogenated alkanes) is 1. The normalized spacial score (nSPS) is 28.1. The Hall–Kier alpha value is -0.0800. The van der Waals surface area contributed by atoms with E-state index in [9.17, 15) is 0 Å². The summed E-state index contributed by atoms with van der Waals surface area (Å²) in [4.78, 5) is 2.50. The lowest BCUT2D eigenvalue weighted by Crippen LogP contribution is -2.68. The molecule has 0 N–H and O–H groups in total. The molecule has 0 radical (unpaired) electrons. The minimum atomic E-state index is 0.341. The molecule has 0 saturated carbocycles. The molecule has 11 heavy (non-hydrogen) atoms. The summed E-state index contributed by atoms with van der Waals surface area (Å²) in [7, 11) is 0. The molecule has 2 heteroatoms. The van der Waals surface area contributed by atoms with Gasteiger partial charge in [-0.15, -0.1) is 0 Å². The van der Waals surface area contributed by atoms with Crippen LogP contribution in [0.1, 0.15) is 26.2 Å². The first-order chi connectivity index (χ1) is 5.35.